The summed E-state index contributed by atoms with van der Waals surface area (Å²) >= 11 is 0. The molecule has 1 aliphatic rings. The predicted octanol–water partition coefficient (Wildman–Crippen LogP) is 6.16. The fraction of sp³-hybridized carbons (Fsp3) is 0.409. The summed E-state index contributed by atoms with van der Waals surface area (Å²) in [5, 5.41) is 2.25. The third-order valence-corrected chi connectivity index (χ3v) is 5.58. The fourth-order valence-corrected chi connectivity index (χ4v) is 3.92. The van der Waals surface area contributed by atoms with Crippen LogP contribution in [0.4, 0.5) is 5.69 Å². The lowest BCUT2D eigenvalue weighted by molar-refractivity contribution is 0.537. The topological polar surface area (TPSA) is 29.3 Å². The molecule has 0 saturated carbocycles. The van der Waals surface area contributed by atoms with Gasteiger partial charge in [-0.3, -0.25) is 0 Å². The number of aryl methyl sites for hydroxylation is 1. The Balaban J connectivity index is 1.94. The van der Waals surface area contributed by atoms with Crippen molar-refractivity contribution in [3.63, 3.8) is 0 Å². The maximum absolute atomic E-state index is 6.30. The number of nitrogens with zero attached hydrogens (tertiary/aromatic N) is 2. The van der Waals surface area contributed by atoms with Crippen molar-refractivity contribution in [2.45, 2.75) is 53.0 Å². The van der Waals surface area contributed by atoms with E-state index in [1.165, 1.54) is 11.3 Å². The molecule has 2 atom stereocenters. The molecule has 130 valence electrons. The standard InChI is InChI=1S/C22H26N2O/c1-6-16-11-12-24(15(16)5)20-14(4)7-8-17-18-9-10-19(13(2)3)23-22(18)25-21(17)20/h7-13,15-16H,6H2,1-5H3/t15-,16?/m0/s1. The lowest BCUT2D eigenvalue weighted by atomic mass is 9.99. The smallest absolute Gasteiger partial charge is 0.227 e. The van der Waals surface area contributed by atoms with Crippen LogP contribution in [0.25, 0.3) is 22.1 Å². The maximum Gasteiger partial charge on any atom is 0.227 e. The molecule has 0 aliphatic carbocycles. The highest BCUT2D eigenvalue weighted by Crippen LogP contribution is 2.40. The number of pyridine rings is 1. The number of hydrogen-bond donors (Lipinski definition) is 0. The van der Waals surface area contributed by atoms with Crippen LogP contribution in [0.15, 0.2) is 41.0 Å². The molecule has 0 spiro atoms. The van der Waals surface area contributed by atoms with Gasteiger partial charge >= 0.3 is 0 Å². The van der Waals surface area contributed by atoms with E-state index in [1.807, 2.05) is 0 Å². The van der Waals surface area contributed by atoms with Crippen molar-refractivity contribution in [1.29, 1.82) is 0 Å². The van der Waals surface area contributed by atoms with Crippen LogP contribution in [0.1, 0.15) is 51.3 Å². The largest absolute Gasteiger partial charge is 0.435 e. The zero-order valence-corrected chi connectivity index (χ0v) is 15.7. The van der Waals surface area contributed by atoms with Gasteiger partial charge in [-0.1, -0.05) is 39.0 Å². The van der Waals surface area contributed by atoms with E-state index in [9.17, 15) is 0 Å². The van der Waals surface area contributed by atoms with Crippen molar-refractivity contribution in [2.75, 3.05) is 4.90 Å². The summed E-state index contributed by atoms with van der Waals surface area (Å²) < 4.78 is 6.30. The molecule has 25 heavy (non-hydrogen) atoms. The molecule has 1 aliphatic heterocycles. The van der Waals surface area contributed by atoms with E-state index in [2.05, 4.69) is 76.1 Å². The molecule has 0 fully saturated rings. The molecule has 3 heterocycles. The van der Waals surface area contributed by atoms with Crippen LogP contribution in [0.5, 0.6) is 0 Å². The fourth-order valence-electron chi connectivity index (χ4n) is 3.92. The van der Waals surface area contributed by atoms with Gasteiger partial charge in [0.15, 0.2) is 5.58 Å². The van der Waals surface area contributed by atoms with Crippen molar-refractivity contribution in [1.82, 2.24) is 4.98 Å². The van der Waals surface area contributed by atoms with Gasteiger partial charge in [0.05, 0.1) is 5.69 Å². The van der Waals surface area contributed by atoms with Crippen LogP contribution in [-0.2, 0) is 0 Å². The van der Waals surface area contributed by atoms with Crippen molar-refractivity contribution >= 4 is 27.8 Å². The monoisotopic (exact) mass is 334 g/mol. The van der Waals surface area contributed by atoms with Crippen LogP contribution in [0, 0.1) is 12.8 Å². The van der Waals surface area contributed by atoms with Crippen molar-refractivity contribution < 1.29 is 4.42 Å². The molecular formula is C22H26N2O. The van der Waals surface area contributed by atoms with E-state index in [0.717, 1.165) is 34.2 Å². The first kappa shape index (κ1) is 16.2. The second-order valence-electron chi connectivity index (χ2n) is 7.51. The van der Waals surface area contributed by atoms with Crippen molar-refractivity contribution in [2.24, 2.45) is 5.92 Å². The van der Waals surface area contributed by atoms with Crippen LogP contribution >= 0.6 is 0 Å². The summed E-state index contributed by atoms with van der Waals surface area (Å²) in [5.41, 5.74) is 5.20. The van der Waals surface area contributed by atoms with Crippen LogP contribution < -0.4 is 4.90 Å². The molecule has 3 nitrogen and oxygen atoms in total. The number of rotatable bonds is 3. The first-order valence-electron chi connectivity index (χ1n) is 9.30. The van der Waals surface area contributed by atoms with E-state index in [4.69, 9.17) is 9.40 Å². The predicted molar refractivity (Wildman–Crippen MR) is 105 cm³/mol. The molecule has 0 radical (unpaired) electrons. The molecule has 0 amide bonds. The molecule has 3 heteroatoms. The summed E-state index contributed by atoms with van der Waals surface area (Å²) in [5.74, 6) is 0.982. The second kappa shape index (κ2) is 5.91. The first-order valence-corrected chi connectivity index (χ1v) is 9.30. The summed E-state index contributed by atoms with van der Waals surface area (Å²) in [6, 6.07) is 9.08. The molecular weight excluding hydrogens is 308 g/mol. The highest BCUT2D eigenvalue weighted by atomic mass is 16.3. The maximum atomic E-state index is 6.30. The highest BCUT2D eigenvalue weighted by Gasteiger charge is 2.28. The van der Waals surface area contributed by atoms with E-state index in [0.29, 0.717) is 17.9 Å². The SMILES string of the molecule is CCC1C=CN(c2c(C)ccc3c2oc2nc(C(C)C)ccc23)[C@H]1C. The van der Waals surface area contributed by atoms with Gasteiger partial charge in [-0.2, -0.15) is 0 Å². The highest BCUT2D eigenvalue weighted by molar-refractivity contribution is 6.08. The van der Waals surface area contributed by atoms with Gasteiger partial charge in [0.25, 0.3) is 0 Å². The van der Waals surface area contributed by atoms with E-state index in [-0.39, 0.29) is 0 Å². The Morgan fingerprint density at radius 2 is 1.92 bits per heavy atom. The van der Waals surface area contributed by atoms with Crippen molar-refractivity contribution in [3.8, 4) is 0 Å². The van der Waals surface area contributed by atoms with Crippen molar-refractivity contribution in [3.05, 3.63) is 47.8 Å². The third-order valence-electron chi connectivity index (χ3n) is 5.58. The third kappa shape index (κ3) is 2.45. The first-order chi connectivity index (χ1) is 12.0. The quantitative estimate of drug-likeness (QED) is 0.574. The number of fused-ring (bicyclic) bond motifs is 3. The number of aromatic nitrogens is 1. The van der Waals surface area contributed by atoms with Crippen LogP contribution in [0.3, 0.4) is 0 Å². The normalized spacial score (nSPS) is 20.5. The molecule has 0 saturated heterocycles. The summed E-state index contributed by atoms with van der Waals surface area (Å²) in [7, 11) is 0. The minimum Gasteiger partial charge on any atom is -0.435 e. The minimum absolute atomic E-state index is 0.394. The van der Waals surface area contributed by atoms with Gasteiger partial charge in [0, 0.05) is 28.7 Å². The van der Waals surface area contributed by atoms with Gasteiger partial charge in [0.1, 0.15) is 0 Å². The number of furan rings is 1. The van der Waals surface area contributed by atoms with Gasteiger partial charge < -0.3 is 9.32 Å². The summed E-state index contributed by atoms with van der Waals surface area (Å²) in [4.78, 5) is 7.13. The summed E-state index contributed by atoms with van der Waals surface area (Å²) in [6.07, 6.45) is 5.70. The average Bonchev–Trinajstić information content (AvgIpc) is 3.14. The van der Waals surface area contributed by atoms with Gasteiger partial charge in [0.2, 0.25) is 5.71 Å². The molecule has 1 unspecified atom stereocenters. The zero-order chi connectivity index (χ0) is 17.7. The number of benzene rings is 1. The lowest BCUT2D eigenvalue weighted by Crippen LogP contribution is -2.29. The summed E-state index contributed by atoms with van der Waals surface area (Å²) in [6.45, 7) is 11.0. The van der Waals surface area contributed by atoms with E-state index >= 15 is 0 Å². The molecule has 3 aromatic rings. The number of anilines is 1. The Hall–Kier alpha value is -2.29. The van der Waals surface area contributed by atoms with Crippen LogP contribution in [-0.4, -0.2) is 11.0 Å². The average molecular weight is 334 g/mol. The molecule has 0 N–H and O–H groups in total. The molecule has 0 bridgehead atoms. The Morgan fingerprint density at radius 1 is 1.16 bits per heavy atom. The van der Waals surface area contributed by atoms with Gasteiger partial charge in [-0.25, -0.2) is 4.98 Å². The van der Waals surface area contributed by atoms with Crippen LogP contribution in [0.2, 0.25) is 0 Å². The Labute approximate surface area is 149 Å². The lowest BCUT2D eigenvalue weighted by Gasteiger charge is -2.27. The Bertz CT molecular complexity index is 967. The molecule has 1 aromatic carbocycles. The number of hydrogen-bond acceptors (Lipinski definition) is 3. The Kier molecular flexibility index (Phi) is 3.82. The van der Waals surface area contributed by atoms with E-state index < -0.39 is 0 Å². The Morgan fingerprint density at radius 3 is 2.60 bits per heavy atom. The second-order valence-corrected chi connectivity index (χ2v) is 7.51. The molecule has 4 rings (SSSR count). The zero-order valence-electron chi connectivity index (χ0n) is 15.7. The minimum atomic E-state index is 0.394. The molecule has 2 aromatic heterocycles. The van der Waals surface area contributed by atoms with Gasteiger partial charge in [-0.15, -0.1) is 0 Å². The van der Waals surface area contributed by atoms with Gasteiger partial charge in [-0.05, 0) is 49.8 Å². The van der Waals surface area contributed by atoms with E-state index in [1.54, 1.807) is 0 Å².